The third-order valence-corrected chi connectivity index (χ3v) is 4.71. The Morgan fingerprint density at radius 1 is 1.04 bits per heavy atom. The van der Waals surface area contributed by atoms with Crippen LogP contribution in [0, 0.1) is 0 Å². The SMILES string of the molecule is COc1ccc(/C=C/C(=O)Nc2cccc(C(=O)N3CCN(C)CC3)c2)cc1. The van der Waals surface area contributed by atoms with Gasteiger partial charge in [0.25, 0.3) is 5.91 Å². The number of methoxy groups -OCH3 is 1. The van der Waals surface area contributed by atoms with E-state index in [0.717, 1.165) is 37.5 Å². The fourth-order valence-corrected chi connectivity index (χ4v) is 2.99. The minimum absolute atomic E-state index is 0.00188. The fraction of sp³-hybridized carbons (Fsp3) is 0.273. The van der Waals surface area contributed by atoms with Crippen molar-refractivity contribution in [3.8, 4) is 5.75 Å². The summed E-state index contributed by atoms with van der Waals surface area (Å²) >= 11 is 0. The molecule has 0 bridgehead atoms. The molecule has 2 amide bonds. The smallest absolute Gasteiger partial charge is 0.254 e. The Balaban J connectivity index is 1.61. The Hall–Kier alpha value is -3.12. The Bertz CT molecular complexity index is 854. The number of piperazine rings is 1. The van der Waals surface area contributed by atoms with Crippen molar-refractivity contribution < 1.29 is 14.3 Å². The lowest BCUT2D eigenvalue weighted by atomic mass is 10.1. The number of ether oxygens (including phenoxy) is 1. The number of likely N-dealkylation sites (N-methyl/N-ethyl adjacent to an activating group) is 1. The van der Waals surface area contributed by atoms with Crippen LogP contribution < -0.4 is 10.1 Å². The van der Waals surface area contributed by atoms with E-state index in [1.807, 2.05) is 29.2 Å². The maximum Gasteiger partial charge on any atom is 0.254 e. The number of rotatable bonds is 5. The largest absolute Gasteiger partial charge is 0.497 e. The predicted octanol–water partition coefficient (Wildman–Crippen LogP) is 2.73. The number of hydrogen-bond acceptors (Lipinski definition) is 4. The zero-order valence-corrected chi connectivity index (χ0v) is 16.2. The summed E-state index contributed by atoms with van der Waals surface area (Å²) in [6.07, 6.45) is 3.20. The van der Waals surface area contributed by atoms with E-state index < -0.39 is 0 Å². The Labute approximate surface area is 165 Å². The van der Waals surface area contributed by atoms with Gasteiger partial charge in [0.1, 0.15) is 5.75 Å². The van der Waals surface area contributed by atoms with Crippen LogP contribution in [0.3, 0.4) is 0 Å². The van der Waals surface area contributed by atoms with Gasteiger partial charge in [0.05, 0.1) is 7.11 Å². The molecule has 1 aliphatic heterocycles. The maximum atomic E-state index is 12.7. The van der Waals surface area contributed by atoms with E-state index in [1.165, 1.54) is 6.08 Å². The molecule has 146 valence electrons. The molecular formula is C22H25N3O3. The van der Waals surface area contributed by atoms with Gasteiger partial charge < -0.3 is 19.9 Å². The molecule has 1 N–H and O–H groups in total. The summed E-state index contributed by atoms with van der Waals surface area (Å²) in [4.78, 5) is 28.9. The molecule has 0 saturated carbocycles. The van der Waals surface area contributed by atoms with Crippen LogP contribution in [0.15, 0.2) is 54.6 Å². The minimum Gasteiger partial charge on any atom is -0.497 e. The molecular weight excluding hydrogens is 354 g/mol. The zero-order chi connectivity index (χ0) is 19.9. The molecule has 1 aliphatic rings. The van der Waals surface area contributed by atoms with Crippen molar-refractivity contribution in [1.82, 2.24) is 9.80 Å². The second-order valence-electron chi connectivity index (χ2n) is 6.77. The normalized spacial score (nSPS) is 14.9. The molecule has 1 fully saturated rings. The molecule has 28 heavy (non-hydrogen) atoms. The molecule has 6 nitrogen and oxygen atoms in total. The van der Waals surface area contributed by atoms with E-state index in [9.17, 15) is 9.59 Å². The number of hydrogen-bond donors (Lipinski definition) is 1. The van der Waals surface area contributed by atoms with Crippen LogP contribution in [0.5, 0.6) is 5.75 Å². The summed E-state index contributed by atoms with van der Waals surface area (Å²) in [5, 5.41) is 2.81. The van der Waals surface area contributed by atoms with Gasteiger partial charge in [-0.15, -0.1) is 0 Å². The van der Waals surface area contributed by atoms with E-state index in [0.29, 0.717) is 11.3 Å². The second-order valence-corrected chi connectivity index (χ2v) is 6.77. The molecule has 2 aromatic carbocycles. The van der Waals surface area contributed by atoms with Crippen LogP contribution in [0.4, 0.5) is 5.69 Å². The van der Waals surface area contributed by atoms with Gasteiger partial charge >= 0.3 is 0 Å². The van der Waals surface area contributed by atoms with Crippen molar-refractivity contribution in [2.75, 3.05) is 45.7 Å². The lowest BCUT2D eigenvalue weighted by Gasteiger charge is -2.32. The zero-order valence-electron chi connectivity index (χ0n) is 16.2. The van der Waals surface area contributed by atoms with Crippen LogP contribution in [0.25, 0.3) is 6.08 Å². The highest BCUT2D eigenvalue weighted by molar-refractivity contribution is 6.03. The van der Waals surface area contributed by atoms with Crippen molar-refractivity contribution in [1.29, 1.82) is 0 Å². The third kappa shape index (κ3) is 5.20. The fourth-order valence-electron chi connectivity index (χ4n) is 2.99. The van der Waals surface area contributed by atoms with E-state index in [4.69, 9.17) is 4.74 Å². The molecule has 0 radical (unpaired) electrons. The van der Waals surface area contributed by atoms with Crippen molar-refractivity contribution >= 4 is 23.6 Å². The molecule has 6 heteroatoms. The lowest BCUT2D eigenvalue weighted by molar-refractivity contribution is -0.111. The first-order chi connectivity index (χ1) is 13.5. The van der Waals surface area contributed by atoms with Gasteiger partial charge in [-0.1, -0.05) is 18.2 Å². The molecule has 3 rings (SSSR count). The van der Waals surface area contributed by atoms with E-state index in [-0.39, 0.29) is 11.8 Å². The first kappa shape index (κ1) is 19.6. The molecule has 1 heterocycles. The van der Waals surface area contributed by atoms with Gasteiger partial charge in [-0.2, -0.15) is 0 Å². The number of nitrogens with zero attached hydrogens (tertiary/aromatic N) is 2. The Kier molecular flexibility index (Phi) is 6.45. The summed E-state index contributed by atoms with van der Waals surface area (Å²) in [7, 11) is 3.66. The summed E-state index contributed by atoms with van der Waals surface area (Å²) in [6, 6.07) is 14.5. The van der Waals surface area contributed by atoms with Gasteiger partial charge in [-0.05, 0) is 49.0 Å². The summed E-state index contributed by atoms with van der Waals surface area (Å²) < 4.78 is 5.12. The van der Waals surface area contributed by atoms with Gasteiger partial charge in [-0.3, -0.25) is 9.59 Å². The molecule has 1 saturated heterocycles. The minimum atomic E-state index is -0.250. The van der Waals surface area contributed by atoms with E-state index >= 15 is 0 Å². The number of nitrogens with one attached hydrogen (secondary N) is 1. The number of anilines is 1. The molecule has 0 unspecified atom stereocenters. The van der Waals surface area contributed by atoms with Crippen molar-refractivity contribution in [3.05, 3.63) is 65.7 Å². The molecule has 2 aromatic rings. The highest BCUT2D eigenvalue weighted by Gasteiger charge is 2.20. The predicted molar refractivity (Wildman–Crippen MR) is 111 cm³/mol. The Morgan fingerprint density at radius 3 is 2.43 bits per heavy atom. The van der Waals surface area contributed by atoms with E-state index in [1.54, 1.807) is 37.5 Å². The average molecular weight is 379 g/mol. The van der Waals surface area contributed by atoms with Gasteiger partial charge in [-0.25, -0.2) is 0 Å². The summed E-state index contributed by atoms with van der Waals surface area (Å²) in [6.45, 7) is 3.18. The van der Waals surface area contributed by atoms with Crippen molar-refractivity contribution in [3.63, 3.8) is 0 Å². The maximum absolute atomic E-state index is 12.7. The van der Waals surface area contributed by atoms with Crippen LogP contribution in [-0.2, 0) is 4.79 Å². The quantitative estimate of drug-likeness (QED) is 0.812. The number of benzene rings is 2. The number of carbonyl (C=O) groups excluding carboxylic acids is 2. The van der Waals surface area contributed by atoms with Gasteiger partial charge in [0.2, 0.25) is 5.91 Å². The molecule has 0 aliphatic carbocycles. The van der Waals surface area contributed by atoms with Crippen LogP contribution >= 0.6 is 0 Å². The molecule has 0 spiro atoms. The van der Waals surface area contributed by atoms with Crippen LogP contribution in [0.1, 0.15) is 15.9 Å². The molecule has 0 atom stereocenters. The standard InChI is InChI=1S/C22H25N3O3/c1-24-12-14-25(15-13-24)22(27)18-4-3-5-19(16-18)23-21(26)11-8-17-6-9-20(28-2)10-7-17/h3-11,16H,12-15H2,1-2H3,(H,23,26)/b11-8+. The monoisotopic (exact) mass is 379 g/mol. The molecule has 0 aromatic heterocycles. The van der Waals surface area contributed by atoms with Gasteiger partial charge in [0, 0.05) is 43.5 Å². The van der Waals surface area contributed by atoms with E-state index in [2.05, 4.69) is 17.3 Å². The van der Waals surface area contributed by atoms with Crippen LogP contribution in [0.2, 0.25) is 0 Å². The second kappa shape index (κ2) is 9.19. The topological polar surface area (TPSA) is 61.9 Å². The summed E-state index contributed by atoms with van der Waals surface area (Å²) in [5.74, 6) is 0.515. The van der Waals surface area contributed by atoms with Gasteiger partial charge in [0.15, 0.2) is 0 Å². The number of amides is 2. The van der Waals surface area contributed by atoms with Crippen molar-refractivity contribution in [2.45, 2.75) is 0 Å². The third-order valence-electron chi connectivity index (χ3n) is 4.71. The summed E-state index contributed by atoms with van der Waals surface area (Å²) in [5.41, 5.74) is 2.08. The highest BCUT2D eigenvalue weighted by atomic mass is 16.5. The Morgan fingerprint density at radius 2 is 1.75 bits per heavy atom. The first-order valence-corrected chi connectivity index (χ1v) is 9.26. The lowest BCUT2D eigenvalue weighted by Crippen LogP contribution is -2.47. The number of carbonyl (C=O) groups is 2. The average Bonchev–Trinajstić information content (AvgIpc) is 2.73. The van der Waals surface area contributed by atoms with Crippen molar-refractivity contribution in [2.24, 2.45) is 0 Å². The van der Waals surface area contributed by atoms with Crippen LogP contribution in [-0.4, -0.2) is 62.0 Å². The first-order valence-electron chi connectivity index (χ1n) is 9.26. The highest BCUT2D eigenvalue weighted by Crippen LogP contribution is 2.15.